The molecule has 19 heavy (non-hydrogen) atoms. The maximum Gasteiger partial charge on any atom is 0.244 e. The summed E-state index contributed by atoms with van der Waals surface area (Å²) in [5, 5.41) is 19.8. The summed E-state index contributed by atoms with van der Waals surface area (Å²) < 4.78 is 1.59. The van der Waals surface area contributed by atoms with Gasteiger partial charge in [0.15, 0.2) is 11.2 Å². The Balaban J connectivity index is 2.10. The van der Waals surface area contributed by atoms with Crippen molar-refractivity contribution in [3.05, 3.63) is 6.33 Å². The van der Waals surface area contributed by atoms with Gasteiger partial charge in [-0.05, 0) is 6.92 Å². The molecule has 0 saturated carbocycles. The van der Waals surface area contributed by atoms with Crippen LogP contribution in [0.4, 0.5) is 5.95 Å². The van der Waals surface area contributed by atoms with Gasteiger partial charge in [-0.25, -0.2) is 14.8 Å². The lowest BCUT2D eigenvalue weighted by Gasteiger charge is -2.32. The highest BCUT2D eigenvalue weighted by Crippen LogP contribution is 2.28. The Hall–Kier alpha value is -1.97. The zero-order chi connectivity index (χ0) is 13.6. The molecule has 1 fully saturated rings. The minimum absolute atomic E-state index is 0.0673. The van der Waals surface area contributed by atoms with Gasteiger partial charge in [-0.1, -0.05) is 0 Å². The molecule has 3 rings (SSSR count). The van der Waals surface area contributed by atoms with E-state index in [-0.39, 0.29) is 24.0 Å². The van der Waals surface area contributed by atoms with Gasteiger partial charge in [0.1, 0.15) is 18.8 Å². The van der Waals surface area contributed by atoms with Gasteiger partial charge in [-0.3, -0.25) is 0 Å². The van der Waals surface area contributed by atoms with Gasteiger partial charge in [0.2, 0.25) is 11.8 Å². The summed E-state index contributed by atoms with van der Waals surface area (Å²) >= 11 is 0. The van der Waals surface area contributed by atoms with Crippen molar-refractivity contribution in [2.75, 3.05) is 12.3 Å². The summed E-state index contributed by atoms with van der Waals surface area (Å²) in [6, 6.07) is -0.428. The van der Waals surface area contributed by atoms with Crippen molar-refractivity contribution >= 4 is 17.1 Å². The molecule has 2 unspecified atom stereocenters. The molecule has 3 atom stereocenters. The fourth-order valence-corrected chi connectivity index (χ4v) is 2.09. The van der Waals surface area contributed by atoms with Gasteiger partial charge in [-0.2, -0.15) is 9.97 Å². The van der Waals surface area contributed by atoms with Crippen molar-refractivity contribution in [3.8, 4) is 5.88 Å². The van der Waals surface area contributed by atoms with Crippen LogP contribution >= 0.6 is 0 Å². The van der Waals surface area contributed by atoms with Gasteiger partial charge in [-0.15, -0.1) is 0 Å². The molecule has 2 aromatic heterocycles. The Bertz CT molecular complexity index is 615. The normalized spacial score (nSPS) is 27.8. The Morgan fingerprint density at radius 3 is 3.05 bits per heavy atom. The van der Waals surface area contributed by atoms with Crippen LogP contribution < -0.4 is 5.73 Å². The molecule has 0 aliphatic carbocycles. The van der Waals surface area contributed by atoms with Gasteiger partial charge < -0.3 is 20.5 Å². The standard InChI is InChI=1S/C10H13N5O4/c1-4-7(16)5(2-18-19-4)15-3-12-6-8(15)13-10(11)14-9(6)17/h3-5,7,16H,2H2,1H3,(H3,11,13,14,17)/t4?,5-,7?/m1/s1. The van der Waals surface area contributed by atoms with Crippen molar-refractivity contribution in [2.24, 2.45) is 0 Å². The van der Waals surface area contributed by atoms with Crippen molar-refractivity contribution in [2.45, 2.75) is 25.2 Å². The zero-order valence-corrected chi connectivity index (χ0v) is 10.1. The Morgan fingerprint density at radius 2 is 2.26 bits per heavy atom. The highest BCUT2D eigenvalue weighted by molar-refractivity contribution is 5.77. The Labute approximate surface area is 107 Å². The molecule has 0 aromatic carbocycles. The number of aromatic nitrogens is 4. The number of hydrogen-bond acceptors (Lipinski definition) is 8. The Kier molecular flexibility index (Phi) is 2.73. The van der Waals surface area contributed by atoms with E-state index in [1.165, 1.54) is 6.33 Å². The van der Waals surface area contributed by atoms with Crippen LogP contribution in [0.25, 0.3) is 11.2 Å². The SMILES string of the molecule is CC1OOC[C@@H](n2cnc3c(O)nc(N)nc32)C1O. The summed E-state index contributed by atoms with van der Waals surface area (Å²) in [6.45, 7) is 1.83. The molecule has 9 nitrogen and oxygen atoms in total. The molecule has 4 N–H and O–H groups in total. The van der Waals surface area contributed by atoms with E-state index in [4.69, 9.17) is 15.5 Å². The van der Waals surface area contributed by atoms with E-state index in [0.29, 0.717) is 5.65 Å². The lowest BCUT2D eigenvalue weighted by Crippen LogP contribution is -2.42. The number of anilines is 1. The molecule has 0 spiro atoms. The smallest absolute Gasteiger partial charge is 0.244 e. The van der Waals surface area contributed by atoms with E-state index >= 15 is 0 Å². The summed E-state index contributed by atoms with van der Waals surface area (Å²) in [5.74, 6) is -0.362. The second-order valence-electron chi connectivity index (χ2n) is 4.37. The van der Waals surface area contributed by atoms with E-state index in [1.807, 2.05) is 0 Å². The summed E-state index contributed by atoms with van der Waals surface area (Å²) in [7, 11) is 0. The maximum atomic E-state index is 10.1. The molecular formula is C10H13N5O4. The van der Waals surface area contributed by atoms with Gasteiger partial charge in [0, 0.05) is 0 Å². The quantitative estimate of drug-likeness (QED) is 0.582. The van der Waals surface area contributed by atoms with Crippen molar-refractivity contribution < 1.29 is 20.0 Å². The molecule has 0 amide bonds. The number of aromatic hydroxyl groups is 1. The molecular weight excluding hydrogens is 254 g/mol. The maximum absolute atomic E-state index is 10.1. The lowest BCUT2D eigenvalue weighted by atomic mass is 10.1. The molecule has 2 aromatic rings. The number of fused-ring (bicyclic) bond motifs is 1. The second-order valence-corrected chi connectivity index (χ2v) is 4.37. The van der Waals surface area contributed by atoms with Crippen LogP contribution in [0, 0.1) is 0 Å². The average molecular weight is 267 g/mol. The van der Waals surface area contributed by atoms with Crippen molar-refractivity contribution in [1.82, 2.24) is 19.5 Å². The highest BCUT2D eigenvalue weighted by Gasteiger charge is 2.34. The minimum atomic E-state index is -0.788. The van der Waals surface area contributed by atoms with E-state index < -0.39 is 18.2 Å². The van der Waals surface area contributed by atoms with E-state index in [9.17, 15) is 10.2 Å². The largest absolute Gasteiger partial charge is 0.492 e. The third-order valence-corrected chi connectivity index (χ3v) is 3.11. The number of aliphatic hydroxyl groups is 1. The first-order valence-electron chi connectivity index (χ1n) is 5.73. The number of hydrogen-bond donors (Lipinski definition) is 3. The number of nitrogens with zero attached hydrogens (tertiary/aromatic N) is 4. The molecule has 1 saturated heterocycles. The molecule has 3 heterocycles. The predicted molar refractivity (Wildman–Crippen MR) is 62.9 cm³/mol. The lowest BCUT2D eigenvalue weighted by molar-refractivity contribution is -0.370. The summed E-state index contributed by atoms with van der Waals surface area (Å²) in [6.07, 6.45) is 0.182. The number of nitrogen functional groups attached to an aromatic ring is 1. The van der Waals surface area contributed by atoms with Crippen LogP contribution in [0.15, 0.2) is 6.33 Å². The first-order chi connectivity index (χ1) is 9.08. The third kappa shape index (κ3) is 1.87. The third-order valence-electron chi connectivity index (χ3n) is 3.11. The van der Waals surface area contributed by atoms with Crippen LogP contribution in [-0.2, 0) is 9.78 Å². The molecule has 0 bridgehead atoms. The number of nitrogens with two attached hydrogens (primary N) is 1. The minimum Gasteiger partial charge on any atom is -0.492 e. The highest BCUT2D eigenvalue weighted by atomic mass is 17.2. The van der Waals surface area contributed by atoms with Crippen LogP contribution in [0.3, 0.4) is 0 Å². The monoisotopic (exact) mass is 267 g/mol. The molecule has 9 heteroatoms. The molecule has 1 aliphatic rings. The van der Waals surface area contributed by atoms with Crippen molar-refractivity contribution in [3.63, 3.8) is 0 Å². The second kappa shape index (κ2) is 4.30. The zero-order valence-electron chi connectivity index (χ0n) is 10.1. The predicted octanol–water partition coefficient (Wildman–Crippen LogP) is -0.634. The fraction of sp³-hybridized carbons (Fsp3) is 0.500. The summed E-state index contributed by atoms with van der Waals surface area (Å²) in [4.78, 5) is 21.5. The number of aliphatic hydroxyl groups excluding tert-OH is 1. The van der Waals surface area contributed by atoms with Gasteiger partial charge in [0.05, 0.1) is 12.4 Å². The summed E-state index contributed by atoms with van der Waals surface area (Å²) in [5.41, 5.74) is 6.06. The van der Waals surface area contributed by atoms with Crippen LogP contribution in [0.5, 0.6) is 5.88 Å². The van der Waals surface area contributed by atoms with E-state index in [1.54, 1.807) is 11.5 Å². The first kappa shape index (κ1) is 12.1. The molecule has 0 radical (unpaired) electrons. The van der Waals surface area contributed by atoms with Crippen LogP contribution in [0.1, 0.15) is 13.0 Å². The Morgan fingerprint density at radius 1 is 1.47 bits per heavy atom. The first-order valence-corrected chi connectivity index (χ1v) is 5.73. The van der Waals surface area contributed by atoms with Crippen LogP contribution in [0.2, 0.25) is 0 Å². The topological polar surface area (TPSA) is 129 Å². The van der Waals surface area contributed by atoms with E-state index in [2.05, 4.69) is 15.0 Å². The number of imidazole rings is 1. The van der Waals surface area contributed by atoms with Gasteiger partial charge in [0.25, 0.3) is 0 Å². The number of rotatable bonds is 1. The van der Waals surface area contributed by atoms with Crippen LogP contribution in [-0.4, -0.2) is 48.5 Å². The molecule has 102 valence electrons. The van der Waals surface area contributed by atoms with Gasteiger partial charge >= 0.3 is 0 Å². The van der Waals surface area contributed by atoms with Crippen molar-refractivity contribution in [1.29, 1.82) is 0 Å². The average Bonchev–Trinajstić information content (AvgIpc) is 2.76. The fourth-order valence-electron chi connectivity index (χ4n) is 2.09. The molecule has 1 aliphatic heterocycles. The van der Waals surface area contributed by atoms with E-state index in [0.717, 1.165) is 0 Å².